The molecule has 3 rings (SSSR count). The third-order valence-electron chi connectivity index (χ3n) is 3.64. The fourth-order valence-corrected chi connectivity index (χ4v) is 3.00. The van der Waals surface area contributed by atoms with Gasteiger partial charge in [0, 0.05) is 16.6 Å². The number of hydrogen-bond donors (Lipinski definition) is 2. The molecule has 2 aliphatic heterocycles. The molecule has 1 aromatic carbocycles. The molecule has 0 bridgehead atoms. The summed E-state index contributed by atoms with van der Waals surface area (Å²) < 4.78 is 0.823. The molecule has 2 heterocycles. The number of halogens is 1. The van der Waals surface area contributed by atoms with Crippen molar-refractivity contribution < 1.29 is 14.4 Å². The lowest BCUT2D eigenvalue weighted by molar-refractivity contribution is -0.123. The van der Waals surface area contributed by atoms with Gasteiger partial charge in [-0.05, 0) is 24.6 Å². The Morgan fingerprint density at radius 1 is 1.35 bits per heavy atom. The van der Waals surface area contributed by atoms with Gasteiger partial charge in [0.1, 0.15) is 5.54 Å². The highest BCUT2D eigenvalue weighted by Gasteiger charge is 2.51. The minimum Gasteiger partial charge on any atom is -0.336 e. The van der Waals surface area contributed by atoms with Gasteiger partial charge in [0.05, 0.1) is 6.54 Å². The van der Waals surface area contributed by atoms with Gasteiger partial charge in [-0.1, -0.05) is 22.0 Å². The molecule has 0 aromatic heterocycles. The summed E-state index contributed by atoms with van der Waals surface area (Å²) in [6.07, 6.45) is 0.435. The largest absolute Gasteiger partial charge is 0.336 e. The van der Waals surface area contributed by atoms with Crippen LogP contribution in [-0.4, -0.2) is 41.4 Å². The number of carbonyl (C=O) groups is 3. The van der Waals surface area contributed by atoms with E-state index < -0.39 is 11.6 Å². The fourth-order valence-electron chi connectivity index (χ4n) is 2.60. The van der Waals surface area contributed by atoms with Crippen molar-refractivity contribution >= 4 is 33.8 Å². The van der Waals surface area contributed by atoms with E-state index in [-0.39, 0.29) is 18.4 Å². The van der Waals surface area contributed by atoms with Crippen LogP contribution < -0.4 is 10.6 Å². The summed E-state index contributed by atoms with van der Waals surface area (Å²) in [6, 6.07) is 6.60. The molecule has 0 saturated carbocycles. The zero-order chi connectivity index (χ0) is 14.3. The molecule has 20 heavy (non-hydrogen) atoms. The first-order chi connectivity index (χ1) is 9.50. The molecule has 2 fully saturated rings. The fraction of sp³-hybridized carbons (Fsp3) is 0.308. The van der Waals surface area contributed by atoms with Gasteiger partial charge in [0.15, 0.2) is 0 Å². The van der Waals surface area contributed by atoms with Crippen molar-refractivity contribution in [3.05, 3.63) is 34.3 Å². The lowest BCUT2D eigenvalue weighted by atomic mass is 9.99. The number of carbonyl (C=O) groups excluding carboxylic acids is 3. The summed E-state index contributed by atoms with van der Waals surface area (Å²) in [5, 5.41) is 4.85. The van der Waals surface area contributed by atoms with Gasteiger partial charge in [0.2, 0.25) is 0 Å². The first-order valence-corrected chi connectivity index (χ1v) is 6.98. The van der Waals surface area contributed by atoms with E-state index in [0.717, 1.165) is 4.47 Å². The van der Waals surface area contributed by atoms with Crippen molar-refractivity contribution in [3.63, 3.8) is 0 Å². The van der Waals surface area contributed by atoms with Gasteiger partial charge >= 0.3 is 6.03 Å². The molecule has 0 aliphatic carbocycles. The van der Waals surface area contributed by atoms with Gasteiger partial charge in [-0.2, -0.15) is 0 Å². The van der Waals surface area contributed by atoms with Crippen molar-refractivity contribution in [1.29, 1.82) is 0 Å². The Morgan fingerprint density at radius 3 is 2.80 bits per heavy atom. The lowest BCUT2D eigenvalue weighted by Gasteiger charge is -2.21. The molecule has 1 atom stereocenters. The number of hydrogen-bond acceptors (Lipinski definition) is 3. The van der Waals surface area contributed by atoms with Gasteiger partial charge < -0.3 is 10.2 Å². The lowest BCUT2D eigenvalue weighted by Crippen LogP contribution is -2.49. The second kappa shape index (κ2) is 4.59. The van der Waals surface area contributed by atoms with Crippen LogP contribution in [0.2, 0.25) is 0 Å². The molecule has 6 nitrogen and oxygen atoms in total. The quantitative estimate of drug-likeness (QED) is 0.746. The molecule has 1 spiro atoms. The summed E-state index contributed by atoms with van der Waals surface area (Å²) in [6.45, 7) is 0.648. The van der Waals surface area contributed by atoms with Gasteiger partial charge in [-0.3, -0.25) is 14.9 Å². The average molecular weight is 338 g/mol. The van der Waals surface area contributed by atoms with E-state index in [4.69, 9.17) is 0 Å². The predicted octanol–water partition coefficient (Wildman–Crippen LogP) is 0.873. The standard InChI is InChI=1S/C13H12BrN3O3/c14-9-3-1-2-8(6-9)10(18)17-5-4-13(7-17)11(19)15-12(20)16-13/h1-3,6H,4-5,7H2,(H2,15,16,19,20). The Bertz CT molecular complexity index is 619. The number of imide groups is 1. The highest BCUT2D eigenvalue weighted by molar-refractivity contribution is 9.10. The third kappa shape index (κ3) is 2.07. The zero-order valence-electron chi connectivity index (χ0n) is 10.5. The number of amides is 4. The Balaban J connectivity index is 1.79. The summed E-state index contributed by atoms with van der Waals surface area (Å²) >= 11 is 3.32. The molecule has 4 amide bonds. The van der Waals surface area contributed by atoms with Gasteiger partial charge in [-0.15, -0.1) is 0 Å². The summed E-state index contributed by atoms with van der Waals surface area (Å²) in [4.78, 5) is 37.1. The van der Waals surface area contributed by atoms with E-state index >= 15 is 0 Å². The number of nitrogens with one attached hydrogen (secondary N) is 2. The van der Waals surface area contributed by atoms with Crippen molar-refractivity contribution in [2.45, 2.75) is 12.0 Å². The van der Waals surface area contributed by atoms with Crippen LogP contribution >= 0.6 is 15.9 Å². The first kappa shape index (κ1) is 13.1. The van der Waals surface area contributed by atoms with Crippen LogP contribution in [0.1, 0.15) is 16.8 Å². The maximum absolute atomic E-state index is 12.4. The van der Waals surface area contributed by atoms with Gasteiger partial charge in [-0.25, -0.2) is 4.79 Å². The topological polar surface area (TPSA) is 78.5 Å². The maximum Gasteiger partial charge on any atom is 0.322 e. The number of nitrogens with zero attached hydrogens (tertiary/aromatic N) is 1. The second-order valence-corrected chi connectivity index (χ2v) is 5.89. The molecule has 0 radical (unpaired) electrons. The normalized spacial score (nSPS) is 24.9. The monoisotopic (exact) mass is 337 g/mol. The van der Waals surface area contributed by atoms with Crippen LogP contribution in [0.5, 0.6) is 0 Å². The van der Waals surface area contributed by atoms with E-state index in [1.165, 1.54) is 0 Å². The number of benzene rings is 1. The minimum absolute atomic E-state index is 0.142. The van der Waals surface area contributed by atoms with Crippen molar-refractivity contribution in [3.8, 4) is 0 Å². The third-order valence-corrected chi connectivity index (χ3v) is 4.14. The Kier molecular flexibility index (Phi) is 3.01. The van der Waals surface area contributed by atoms with Crippen molar-refractivity contribution in [2.75, 3.05) is 13.1 Å². The SMILES string of the molecule is O=C1NC(=O)C2(CCN(C(=O)c3cccc(Br)c3)C2)N1. The number of likely N-dealkylation sites (tertiary alicyclic amines) is 1. The molecular weight excluding hydrogens is 326 g/mol. The van der Waals surface area contributed by atoms with E-state index in [9.17, 15) is 14.4 Å². The average Bonchev–Trinajstić information content (AvgIpc) is 2.94. The molecule has 7 heteroatoms. The molecule has 104 valence electrons. The van der Waals surface area contributed by atoms with Gasteiger partial charge in [0.25, 0.3) is 11.8 Å². The smallest absolute Gasteiger partial charge is 0.322 e. The van der Waals surface area contributed by atoms with Crippen LogP contribution in [0, 0.1) is 0 Å². The molecule has 1 unspecified atom stereocenters. The second-order valence-electron chi connectivity index (χ2n) is 4.98. The summed E-state index contributed by atoms with van der Waals surface area (Å²) in [7, 11) is 0. The Morgan fingerprint density at radius 2 is 2.15 bits per heavy atom. The zero-order valence-corrected chi connectivity index (χ0v) is 12.1. The van der Waals surface area contributed by atoms with Crippen molar-refractivity contribution in [2.24, 2.45) is 0 Å². The van der Waals surface area contributed by atoms with E-state index in [1.54, 1.807) is 23.1 Å². The minimum atomic E-state index is -0.960. The summed E-state index contributed by atoms with van der Waals surface area (Å²) in [5.41, 5.74) is -0.403. The Hall–Kier alpha value is -1.89. The van der Waals surface area contributed by atoms with Crippen LogP contribution in [0.3, 0.4) is 0 Å². The summed E-state index contributed by atoms with van der Waals surface area (Å²) in [5.74, 6) is -0.496. The predicted molar refractivity (Wildman–Crippen MR) is 74.1 cm³/mol. The Labute approximate surface area is 123 Å². The number of urea groups is 1. The molecule has 2 N–H and O–H groups in total. The van der Waals surface area contributed by atoms with Crippen LogP contribution in [0.15, 0.2) is 28.7 Å². The van der Waals surface area contributed by atoms with Crippen LogP contribution in [0.4, 0.5) is 4.79 Å². The number of rotatable bonds is 1. The maximum atomic E-state index is 12.4. The highest BCUT2D eigenvalue weighted by Crippen LogP contribution is 2.26. The van der Waals surface area contributed by atoms with Crippen LogP contribution in [0.25, 0.3) is 0 Å². The first-order valence-electron chi connectivity index (χ1n) is 6.19. The van der Waals surface area contributed by atoms with Crippen molar-refractivity contribution in [1.82, 2.24) is 15.5 Å². The van der Waals surface area contributed by atoms with E-state index in [2.05, 4.69) is 26.6 Å². The molecule has 1 aromatic rings. The molecule has 2 aliphatic rings. The van der Waals surface area contributed by atoms with E-state index in [0.29, 0.717) is 18.5 Å². The van der Waals surface area contributed by atoms with Crippen LogP contribution in [-0.2, 0) is 4.79 Å². The highest BCUT2D eigenvalue weighted by atomic mass is 79.9. The molecule has 2 saturated heterocycles. The van der Waals surface area contributed by atoms with E-state index in [1.807, 2.05) is 6.07 Å². The molecular formula is C13H12BrN3O3.